The number of ether oxygens (including phenoxy) is 1. The van der Waals surface area contributed by atoms with Gasteiger partial charge in [-0.2, -0.15) is 0 Å². The lowest BCUT2D eigenvalue weighted by molar-refractivity contribution is 0.155. The van der Waals surface area contributed by atoms with Crippen LogP contribution in [0.25, 0.3) is 0 Å². The monoisotopic (exact) mass is 270 g/mol. The average molecular weight is 270 g/mol. The van der Waals surface area contributed by atoms with Gasteiger partial charge >= 0.3 is 0 Å². The smallest absolute Gasteiger partial charge is 0.156 e. The Morgan fingerprint density at radius 2 is 2.28 bits per heavy atom. The summed E-state index contributed by atoms with van der Waals surface area (Å²) in [6.45, 7) is 6.25. The van der Waals surface area contributed by atoms with Gasteiger partial charge in [0.05, 0.1) is 0 Å². The van der Waals surface area contributed by atoms with Gasteiger partial charge in [0.15, 0.2) is 5.17 Å². The first kappa shape index (κ1) is 14.2. The lowest BCUT2D eigenvalue weighted by Crippen LogP contribution is -2.41. The van der Waals surface area contributed by atoms with E-state index in [0.717, 1.165) is 25.5 Å². The SMILES string of the molecule is COCCC(C)(C)CN=C1NC2CCCC2CS1. The third-order valence-electron chi connectivity index (χ3n) is 4.04. The molecule has 0 spiro atoms. The van der Waals surface area contributed by atoms with Gasteiger partial charge in [-0.15, -0.1) is 0 Å². The van der Waals surface area contributed by atoms with E-state index in [2.05, 4.69) is 19.2 Å². The van der Waals surface area contributed by atoms with Crippen molar-refractivity contribution in [1.82, 2.24) is 5.32 Å². The molecule has 1 aliphatic heterocycles. The molecule has 4 heteroatoms. The molecule has 1 saturated carbocycles. The maximum Gasteiger partial charge on any atom is 0.156 e. The summed E-state index contributed by atoms with van der Waals surface area (Å²) in [7, 11) is 1.76. The average Bonchev–Trinajstić information content (AvgIpc) is 2.81. The Bertz CT molecular complexity index is 304. The van der Waals surface area contributed by atoms with E-state index in [-0.39, 0.29) is 5.41 Å². The molecule has 1 N–H and O–H groups in total. The fourth-order valence-corrected chi connectivity index (χ4v) is 3.81. The first-order valence-electron chi connectivity index (χ1n) is 7.03. The molecular weight excluding hydrogens is 244 g/mol. The summed E-state index contributed by atoms with van der Waals surface area (Å²) < 4.78 is 5.16. The summed E-state index contributed by atoms with van der Waals surface area (Å²) >= 11 is 1.91. The van der Waals surface area contributed by atoms with Crippen molar-refractivity contribution in [2.45, 2.75) is 45.6 Å². The van der Waals surface area contributed by atoms with Gasteiger partial charge in [0, 0.05) is 32.1 Å². The summed E-state index contributed by atoms with van der Waals surface area (Å²) in [6, 6.07) is 0.701. The minimum absolute atomic E-state index is 0.234. The summed E-state index contributed by atoms with van der Waals surface area (Å²) in [5.74, 6) is 2.14. The lowest BCUT2D eigenvalue weighted by atomic mass is 9.90. The summed E-state index contributed by atoms with van der Waals surface area (Å²) in [5, 5.41) is 4.80. The molecule has 0 amide bonds. The van der Waals surface area contributed by atoms with E-state index in [1.807, 2.05) is 11.8 Å². The van der Waals surface area contributed by atoms with E-state index in [1.54, 1.807) is 7.11 Å². The van der Waals surface area contributed by atoms with E-state index in [1.165, 1.54) is 30.2 Å². The fourth-order valence-electron chi connectivity index (χ4n) is 2.65. The summed E-state index contributed by atoms with van der Waals surface area (Å²) in [4.78, 5) is 4.78. The number of amidine groups is 1. The Morgan fingerprint density at radius 1 is 1.44 bits per heavy atom. The van der Waals surface area contributed by atoms with Gasteiger partial charge in [0.25, 0.3) is 0 Å². The van der Waals surface area contributed by atoms with Crippen LogP contribution in [-0.2, 0) is 4.74 Å². The van der Waals surface area contributed by atoms with Crippen molar-refractivity contribution >= 4 is 16.9 Å². The molecular formula is C14H26N2OS. The van der Waals surface area contributed by atoms with E-state index in [4.69, 9.17) is 9.73 Å². The molecule has 3 nitrogen and oxygen atoms in total. The van der Waals surface area contributed by atoms with Gasteiger partial charge in [-0.3, -0.25) is 4.99 Å². The highest BCUT2D eigenvalue weighted by atomic mass is 32.2. The third kappa shape index (κ3) is 3.89. The number of rotatable bonds is 5. The first-order valence-corrected chi connectivity index (χ1v) is 8.02. The van der Waals surface area contributed by atoms with Crippen LogP contribution in [0.15, 0.2) is 4.99 Å². The Kier molecular flexibility index (Phi) is 4.96. The van der Waals surface area contributed by atoms with Crippen molar-refractivity contribution in [2.75, 3.05) is 26.0 Å². The normalized spacial score (nSPS) is 30.3. The number of nitrogens with one attached hydrogen (secondary N) is 1. The molecule has 2 atom stereocenters. The predicted molar refractivity (Wildman–Crippen MR) is 79.3 cm³/mol. The van der Waals surface area contributed by atoms with Crippen LogP contribution in [0.4, 0.5) is 0 Å². The maximum absolute atomic E-state index is 5.16. The van der Waals surface area contributed by atoms with Crippen LogP contribution in [0.5, 0.6) is 0 Å². The van der Waals surface area contributed by atoms with Gasteiger partial charge in [0.2, 0.25) is 0 Å². The number of fused-ring (bicyclic) bond motifs is 1. The highest BCUT2D eigenvalue weighted by Crippen LogP contribution is 2.33. The number of aliphatic imine (C=N–C) groups is 1. The van der Waals surface area contributed by atoms with Crippen LogP contribution in [0.3, 0.4) is 0 Å². The van der Waals surface area contributed by atoms with E-state index >= 15 is 0 Å². The van der Waals surface area contributed by atoms with Crippen LogP contribution in [-0.4, -0.2) is 37.2 Å². The lowest BCUT2D eigenvalue weighted by Gasteiger charge is -2.29. The number of hydrogen-bond acceptors (Lipinski definition) is 3. The molecule has 1 aliphatic carbocycles. The zero-order valence-corrected chi connectivity index (χ0v) is 12.7. The molecule has 2 fully saturated rings. The number of hydrogen-bond donors (Lipinski definition) is 1. The minimum Gasteiger partial charge on any atom is -0.385 e. The molecule has 0 bridgehead atoms. The number of nitrogens with zero attached hydrogens (tertiary/aromatic N) is 1. The first-order chi connectivity index (χ1) is 8.61. The molecule has 0 radical (unpaired) electrons. The Hall–Kier alpha value is -0.220. The van der Waals surface area contributed by atoms with Crippen LogP contribution >= 0.6 is 11.8 Å². The molecule has 0 aromatic carbocycles. The molecule has 1 saturated heterocycles. The number of methoxy groups -OCH3 is 1. The number of thioether (sulfide) groups is 1. The Morgan fingerprint density at radius 3 is 3.06 bits per heavy atom. The second kappa shape index (κ2) is 6.29. The summed E-state index contributed by atoms with van der Waals surface area (Å²) in [5.41, 5.74) is 0.234. The molecule has 18 heavy (non-hydrogen) atoms. The van der Waals surface area contributed by atoms with Crippen molar-refractivity contribution in [1.29, 1.82) is 0 Å². The van der Waals surface area contributed by atoms with Crippen LogP contribution < -0.4 is 5.32 Å². The third-order valence-corrected chi connectivity index (χ3v) is 5.15. The van der Waals surface area contributed by atoms with Crippen molar-refractivity contribution < 1.29 is 4.74 Å². The quantitative estimate of drug-likeness (QED) is 0.834. The van der Waals surface area contributed by atoms with Crippen molar-refractivity contribution in [3.05, 3.63) is 0 Å². The predicted octanol–water partition coefficient (Wildman–Crippen LogP) is 2.91. The van der Waals surface area contributed by atoms with Gasteiger partial charge in [-0.25, -0.2) is 0 Å². The van der Waals surface area contributed by atoms with Crippen LogP contribution in [0.1, 0.15) is 39.5 Å². The summed E-state index contributed by atoms with van der Waals surface area (Å²) in [6.07, 6.45) is 5.18. The highest BCUT2D eigenvalue weighted by molar-refractivity contribution is 8.13. The topological polar surface area (TPSA) is 33.6 Å². The van der Waals surface area contributed by atoms with Crippen molar-refractivity contribution in [3.8, 4) is 0 Å². The zero-order chi connectivity index (χ0) is 13.0. The molecule has 0 aromatic heterocycles. The Balaban J connectivity index is 1.82. The van der Waals surface area contributed by atoms with Gasteiger partial charge in [-0.1, -0.05) is 32.0 Å². The molecule has 2 rings (SSSR count). The van der Waals surface area contributed by atoms with E-state index in [0.29, 0.717) is 6.04 Å². The Labute approximate surface area is 115 Å². The largest absolute Gasteiger partial charge is 0.385 e. The second-order valence-electron chi connectivity index (χ2n) is 6.28. The van der Waals surface area contributed by atoms with Crippen molar-refractivity contribution in [2.24, 2.45) is 16.3 Å². The van der Waals surface area contributed by atoms with Crippen LogP contribution in [0.2, 0.25) is 0 Å². The van der Waals surface area contributed by atoms with Crippen molar-refractivity contribution in [3.63, 3.8) is 0 Å². The van der Waals surface area contributed by atoms with Gasteiger partial charge in [-0.05, 0) is 30.6 Å². The highest BCUT2D eigenvalue weighted by Gasteiger charge is 2.32. The molecule has 104 valence electrons. The van der Waals surface area contributed by atoms with E-state index in [9.17, 15) is 0 Å². The standard InChI is InChI=1S/C14H26N2OS/c1-14(2,7-8-17-3)10-15-13-16-12-6-4-5-11(12)9-18-13/h11-12H,4-10H2,1-3H3,(H,15,16). The molecule has 2 aliphatic rings. The zero-order valence-electron chi connectivity index (χ0n) is 11.9. The minimum atomic E-state index is 0.234. The van der Waals surface area contributed by atoms with E-state index < -0.39 is 0 Å². The molecule has 2 unspecified atom stereocenters. The fraction of sp³-hybridized carbons (Fsp3) is 0.929. The molecule has 1 heterocycles. The molecule has 0 aromatic rings. The van der Waals surface area contributed by atoms with Crippen LogP contribution in [0, 0.1) is 11.3 Å². The second-order valence-corrected chi connectivity index (χ2v) is 7.29. The maximum atomic E-state index is 5.16. The van der Waals surface area contributed by atoms with Gasteiger partial charge in [0.1, 0.15) is 0 Å². The van der Waals surface area contributed by atoms with Gasteiger partial charge < -0.3 is 10.1 Å².